The summed E-state index contributed by atoms with van der Waals surface area (Å²) in [5.74, 6) is 0.505. The molecule has 1 aromatic rings. The van der Waals surface area contributed by atoms with E-state index in [2.05, 4.69) is 20.0 Å². The SMILES string of the molecule is CC(O)CCC(=O)NCCc1ncon1. The zero-order valence-electron chi connectivity index (χ0n) is 8.64. The van der Waals surface area contributed by atoms with Crippen LogP contribution >= 0.6 is 0 Å². The highest BCUT2D eigenvalue weighted by molar-refractivity contribution is 5.75. The minimum absolute atomic E-state index is 0.0700. The summed E-state index contributed by atoms with van der Waals surface area (Å²) in [6.45, 7) is 2.14. The highest BCUT2D eigenvalue weighted by Crippen LogP contribution is 1.95. The average Bonchev–Trinajstić information content (AvgIpc) is 2.67. The molecule has 1 unspecified atom stereocenters. The van der Waals surface area contributed by atoms with Crippen LogP contribution in [-0.2, 0) is 11.2 Å². The molecule has 84 valence electrons. The molecule has 0 fully saturated rings. The molecule has 0 aliphatic rings. The van der Waals surface area contributed by atoms with Gasteiger partial charge in [0.15, 0.2) is 5.82 Å². The largest absolute Gasteiger partial charge is 0.393 e. The van der Waals surface area contributed by atoms with Crippen LogP contribution in [0, 0.1) is 0 Å². The van der Waals surface area contributed by atoms with Gasteiger partial charge in [-0.15, -0.1) is 0 Å². The number of carbonyl (C=O) groups is 1. The molecule has 0 radical (unpaired) electrons. The first-order chi connectivity index (χ1) is 7.18. The lowest BCUT2D eigenvalue weighted by Crippen LogP contribution is -2.26. The van der Waals surface area contributed by atoms with Gasteiger partial charge in [0.25, 0.3) is 0 Å². The molecule has 6 heteroatoms. The van der Waals surface area contributed by atoms with Crippen molar-refractivity contribution in [1.29, 1.82) is 0 Å². The van der Waals surface area contributed by atoms with Gasteiger partial charge < -0.3 is 14.9 Å². The molecule has 0 bridgehead atoms. The number of amides is 1. The van der Waals surface area contributed by atoms with Gasteiger partial charge in [0.05, 0.1) is 6.10 Å². The predicted molar refractivity (Wildman–Crippen MR) is 51.9 cm³/mol. The van der Waals surface area contributed by atoms with Crippen molar-refractivity contribution in [2.45, 2.75) is 32.3 Å². The van der Waals surface area contributed by atoms with E-state index in [1.165, 1.54) is 6.39 Å². The van der Waals surface area contributed by atoms with Gasteiger partial charge in [0.2, 0.25) is 12.3 Å². The van der Waals surface area contributed by atoms with Gasteiger partial charge in [-0.25, -0.2) is 0 Å². The van der Waals surface area contributed by atoms with Gasteiger partial charge in [0.1, 0.15) is 0 Å². The summed E-state index contributed by atoms with van der Waals surface area (Å²) in [7, 11) is 0. The van der Waals surface area contributed by atoms with E-state index < -0.39 is 6.10 Å². The van der Waals surface area contributed by atoms with Crippen LogP contribution in [0.1, 0.15) is 25.6 Å². The third kappa shape index (κ3) is 5.11. The van der Waals surface area contributed by atoms with E-state index in [1.807, 2.05) is 0 Å². The molecule has 1 amide bonds. The summed E-state index contributed by atoms with van der Waals surface area (Å²) in [5, 5.41) is 15.3. The summed E-state index contributed by atoms with van der Waals surface area (Å²) in [4.78, 5) is 15.0. The van der Waals surface area contributed by atoms with Crippen LogP contribution in [0.2, 0.25) is 0 Å². The second kappa shape index (κ2) is 6.13. The normalized spacial score (nSPS) is 12.4. The lowest BCUT2D eigenvalue weighted by molar-refractivity contribution is -0.121. The molecule has 1 heterocycles. The summed E-state index contributed by atoms with van der Waals surface area (Å²) < 4.78 is 4.54. The second-order valence-corrected chi connectivity index (χ2v) is 3.34. The van der Waals surface area contributed by atoms with Crippen molar-refractivity contribution in [2.24, 2.45) is 0 Å². The highest BCUT2D eigenvalue weighted by atomic mass is 16.5. The number of aromatic nitrogens is 2. The van der Waals surface area contributed by atoms with Gasteiger partial charge >= 0.3 is 0 Å². The Kier molecular flexibility index (Phi) is 4.76. The van der Waals surface area contributed by atoms with Crippen LogP contribution < -0.4 is 5.32 Å². The molecule has 0 aromatic carbocycles. The molecular weight excluding hydrogens is 198 g/mol. The van der Waals surface area contributed by atoms with Gasteiger partial charge in [-0.1, -0.05) is 5.16 Å². The third-order valence-corrected chi connectivity index (χ3v) is 1.87. The van der Waals surface area contributed by atoms with E-state index >= 15 is 0 Å². The summed E-state index contributed by atoms with van der Waals surface area (Å²) in [6.07, 6.45) is 2.19. The molecular formula is C9H15N3O3. The molecule has 1 rings (SSSR count). The maximum atomic E-state index is 11.2. The summed E-state index contributed by atoms with van der Waals surface area (Å²) in [6, 6.07) is 0. The Balaban J connectivity index is 2.07. The number of hydrogen-bond donors (Lipinski definition) is 2. The molecule has 0 saturated heterocycles. The molecule has 6 nitrogen and oxygen atoms in total. The van der Waals surface area contributed by atoms with Gasteiger partial charge in [-0.2, -0.15) is 4.98 Å². The van der Waals surface area contributed by atoms with Gasteiger partial charge in [-0.05, 0) is 13.3 Å². The molecule has 0 aliphatic heterocycles. The van der Waals surface area contributed by atoms with Crippen molar-refractivity contribution in [3.63, 3.8) is 0 Å². The Bertz CT molecular complexity index is 285. The van der Waals surface area contributed by atoms with E-state index in [4.69, 9.17) is 5.11 Å². The number of aliphatic hydroxyl groups is 1. The fraction of sp³-hybridized carbons (Fsp3) is 0.667. The van der Waals surface area contributed by atoms with Crippen molar-refractivity contribution < 1.29 is 14.4 Å². The lowest BCUT2D eigenvalue weighted by Gasteiger charge is -2.04. The van der Waals surface area contributed by atoms with Gasteiger partial charge in [0, 0.05) is 19.4 Å². The molecule has 0 spiro atoms. The fourth-order valence-corrected chi connectivity index (χ4v) is 1.04. The van der Waals surface area contributed by atoms with E-state index in [1.54, 1.807) is 6.92 Å². The number of nitrogens with one attached hydrogen (secondary N) is 1. The Morgan fingerprint density at radius 1 is 1.73 bits per heavy atom. The summed E-state index contributed by atoms with van der Waals surface area (Å²) >= 11 is 0. The first kappa shape index (κ1) is 11.6. The smallest absolute Gasteiger partial charge is 0.220 e. The van der Waals surface area contributed by atoms with Crippen LogP contribution in [0.15, 0.2) is 10.9 Å². The third-order valence-electron chi connectivity index (χ3n) is 1.87. The van der Waals surface area contributed by atoms with Crippen LogP contribution in [0.25, 0.3) is 0 Å². The fourth-order valence-electron chi connectivity index (χ4n) is 1.04. The molecule has 2 N–H and O–H groups in total. The monoisotopic (exact) mass is 213 g/mol. The van der Waals surface area contributed by atoms with E-state index in [-0.39, 0.29) is 5.91 Å². The Hall–Kier alpha value is -1.43. The number of carbonyl (C=O) groups excluding carboxylic acids is 1. The zero-order valence-corrected chi connectivity index (χ0v) is 8.64. The Morgan fingerprint density at radius 2 is 2.53 bits per heavy atom. The highest BCUT2D eigenvalue weighted by Gasteiger charge is 2.04. The molecule has 15 heavy (non-hydrogen) atoms. The first-order valence-electron chi connectivity index (χ1n) is 4.88. The van der Waals surface area contributed by atoms with E-state index in [9.17, 15) is 4.79 Å². The quantitative estimate of drug-likeness (QED) is 0.688. The maximum Gasteiger partial charge on any atom is 0.220 e. The maximum absolute atomic E-state index is 11.2. The van der Waals surface area contributed by atoms with E-state index in [0.717, 1.165) is 0 Å². The van der Waals surface area contributed by atoms with Crippen molar-refractivity contribution in [2.75, 3.05) is 6.54 Å². The number of hydrogen-bond acceptors (Lipinski definition) is 5. The topological polar surface area (TPSA) is 88.2 Å². The first-order valence-corrected chi connectivity index (χ1v) is 4.88. The van der Waals surface area contributed by atoms with Crippen LogP contribution in [0.5, 0.6) is 0 Å². The molecule has 1 atom stereocenters. The van der Waals surface area contributed by atoms with Gasteiger partial charge in [-0.3, -0.25) is 4.79 Å². The van der Waals surface area contributed by atoms with Crippen molar-refractivity contribution in [3.8, 4) is 0 Å². The molecule has 1 aromatic heterocycles. The lowest BCUT2D eigenvalue weighted by atomic mass is 10.2. The van der Waals surface area contributed by atoms with Crippen LogP contribution in [-0.4, -0.2) is 33.8 Å². The molecule has 0 aliphatic carbocycles. The standard InChI is InChI=1S/C9H15N3O3/c1-7(13)2-3-9(14)10-5-4-8-11-6-15-12-8/h6-7,13H,2-5H2,1H3,(H,10,14). The van der Waals surface area contributed by atoms with Crippen molar-refractivity contribution >= 4 is 5.91 Å². The second-order valence-electron chi connectivity index (χ2n) is 3.34. The Morgan fingerprint density at radius 3 is 3.13 bits per heavy atom. The average molecular weight is 213 g/mol. The Labute approximate surface area is 87.7 Å². The van der Waals surface area contributed by atoms with Crippen LogP contribution in [0.3, 0.4) is 0 Å². The number of aliphatic hydroxyl groups excluding tert-OH is 1. The number of nitrogens with zero attached hydrogens (tertiary/aromatic N) is 2. The zero-order chi connectivity index (χ0) is 11.1. The van der Waals surface area contributed by atoms with Crippen molar-refractivity contribution in [3.05, 3.63) is 12.2 Å². The number of rotatable bonds is 6. The summed E-state index contributed by atoms with van der Waals surface area (Å²) in [5.41, 5.74) is 0. The van der Waals surface area contributed by atoms with E-state index in [0.29, 0.717) is 31.6 Å². The molecule has 0 saturated carbocycles. The van der Waals surface area contributed by atoms with Crippen LogP contribution in [0.4, 0.5) is 0 Å². The minimum Gasteiger partial charge on any atom is -0.393 e. The predicted octanol–water partition coefficient (Wildman–Crippen LogP) is -0.111. The minimum atomic E-state index is -0.437. The van der Waals surface area contributed by atoms with Crippen molar-refractivity contribution in [1.82, 2.24) is 15.5 Å².